The molecule has 0 bridgehead atoms. The number of nitro groups is 1. The molecule has 0 amide bonds. The maximum absolute atomic E-state index is 10.6. The highest BCUT2D eigenvalue weighted by molar-refractivity contribution is 7.09. The summed E-state index contributed by atoms with van der Waals surface area (Å²) in [4.78, 5) is 14.6. The van der Waals surface area contributed by atoms with Crippen LogP contribution in [-0.2, 0) is 6.42 Å². The van der Waals surface area contributed by atoms with Crippen LogP contribution in [0.5, 0.6) is 0 Å². The van der Waals surface area contributed by atoms with E-state index >= 15 is 0 Å². The van der Waals surface area contributed by atoms with Crippen LogP contribution in [0.1, 0.15) is 11.9 Å². The van der Waals surface area contributed by atoms with Crippen LogP contribution >= 0.6 is 11.3 Å². The Kier molecular flexibility index (Phi) is 3.69. The van der Waals surface area contributed by atoms with E-state index < -0.39 is 4.92 Å². The Balaban J connectivity index is 2.20. The van der Waals surface area contributed by atoms with Crippen LogP contribution in [0, 0.1) is 10.1 Å². The second-order valence-corrected chi connectivity index (χ2v) is 5.05. The van der Waals surface area contributed by atoms with Gasteiger partial charge in [-0.3, -0.25) is 10.1 Å². The molecule has 94 valence electrons. The van der Waals surface area contributed by atoms with Gasteiger partial charge in [0.25, 0.3) is 5.69 Å². The van der Waals surface area contributed by atoms with Crippen LogP contribution in [0.3, 0.4) is 0 Å². The minimum absolute atomic E-state index is 0.0841. The first-order valence-corrected chi connectivity index (χ1v) is 6.39. The first-order chi connectivity index (χ1) is 8.56. The van der Waals surface area contributed by atoms with Gasteiger partial charge in [0.05, 0.1) is 15.6 Å². The molecular weight excluding hydrogens is 250 g/mol. The van der Waals surface area contributed by atoms with Crippen LogP contribution < -0.4 is 5.73 Å². The molecule has 0 saturated carbocycles. The highest BCUT2D eigenvalue weighted by atomic mass is 32.1. The number of non-ortho nitro benzene ring substituents is 1. The Hall–Kier alpha value is -1.79. The van der Waals surface area contributed by atoms with Crippen molar-refractivity contribution in [2.45, 2.75) is 19.4 Å². The van der Waals surface area contributed by atoms with Gasteiger partial charge in [-0.05, 0) is 19.1 Å². The van der Waals surface area contributed by atoms with E-state index in [-0.39, 0.29) is 11.7 Å². The van der Waals surface area contributed by atoms with Gasteiger partial charge in [-0.25, -0.2) is 4.98 Å². The summed E-state index contributed by atoms with van der Waals surface area (Å²) in [5.74, 6) is 0. The average molecular weight is 263 g/mol. The molecule has 6 heteroatoms. The molecule has 2 rings (SSSR count). The quantitative estimate of drug-likeness (QED) is 0.679. The van der Waals surface area contributed by atoms with Crippen molar-refractivity contribution < 1.29 is 4.92 Å². The van der Waals surface area contributed by atoms with Crippen molar-refractivity contribution in [1.82, 2.24) is 4.98 Å². The minimum atomic E-state index is -0.410. The van der Waals surface area contributed by atoms with Crippen LogP contribution in [-0.4, -0.2) is 15.9 Å². The third-order valence-electron chi connectivity index (χ3n) is 2.42. The monoisotopic (exact) mass is 263 g/mol. The second-order valence-electron chi connectivity index (χ2n) is 4.11. The molecule has 0 saturated heterocycles. The summed E-state index contributed by atoms with van der Waals surface area (Å²) in [6.07, 6.45) is 0.748. The Bertz CT molecular complexity index is 549. The normalized spacial score (nSPS) is 12.3. The van der Waals surface area contributed by atoms with E-state index in [9.17, 15) is 10.1 Å². The molecular formula is C12H13N3O2S. The summed E-state index contributed by atoms with van der Waals surface area (Å²) in [5.41, 5.74) is 7.53. The number of nitrogens with two attached hydrogens (primary N) is 1. The van der Waals surface area contributed by atoms with E-state index in [1.54, 1.807) is 23.5 Å². The van der Waals surface area contributed by atoms with Gasteiger partial charge < -0.3 is 5.73 Å². The van der Waals surface area contributed by atoms with Crippen molar-refractivity contribution in [3.8, 4) is 11.3 Å². The lowest BCUT2D eigenvalue weighted by Crippen LogP contribution is -2.17. The van der Waals surface area contributed by atoms with E-state index in [0.29, 0.717) is 0 Å². The molecule has 18 heavy (non-hydrogen) atoms. The smallest absolute Gasteiger partial charge is 0.269 e. The van der Waals surface area contributed by atoms with Crippen LogP contribution in [0.2, 0.25) is 0 Å². The van der Waals surface area contributed by atoms with Gasteiger partial charge in [-0.15, -0.1) is 11.3 Å². The summed E-state index contributed by atoms with van der Waals surface area (Å²) in [5, 5.41) is 13.5. The third kappa shape index (κ3) is 2.91. The van der Waals surface area contributed by atoms with Crippen molar-refractivity contribution in [3.05, 3.63) is 44.8 Å². The number of benzene rings is 1. The molecule has 5 nitrogen and oxygen atoms in total. The van der Waals surface area contributed by atoms with Gasteiger partial charge in [-0.2, -0.15) is 0 Å². The van der Waals surface area contributed by atoms with Crippen molar-refractivity contribution in [2.75, 3.05) is 0 Å². The Morgan fingerprint density at radius 2 is 2.11 bits per heavy atom. The van der Waals surface area contributed by atoms with Crippen LogP contribution in [0.4, 0.5) is 5.69 Å². The minimum Gasteiger partial charge on any atom is -0.328 e. The zero-order chi connectivity index (χ0) is 13.1. The maximum Gasteiger partial charge on any atom is 0.269 e. The molecule has 0 aliphatic rings. The summed E-state index contributed by atoms with van der Waals surface area (Å²) in [6, 6.07) is 6.48. The van der Waals surface area contributed by atoms with Gasteiger partial charge in [0, 0.05) is 35.5 Å². The van der Waals surface area contributed by atoms with Gasteiger partial charge in [-0.1, -0.05) is 0 Å². The first-order valence-electron chi connectivity index (χ1n) is 5.51. The lowest BCUT2D eigenvalue weighted by atomic mass is 10.1. The van der Waals surface area contributed by atoms with Gasteiger partial charge in [0.1, 0.15) is 0 Å². The second kappa shape index (κ2) is 5.24. The van der Waals surface area contributed by atoms with Crippen LogP contribution in [0.15, 0.2) is 29.6 Å². The lowest BCUT2D eigenvalue weighted by molar-refractivity contribution is -0.384. The van der Waals surface area contributed by atoms with Gasteiger partial charge in [0.15, 0.2) is 0 Å². The molecule has 1 unspecified atom stereocenters. The van der Waals surface area contributed by atoms with Gasteiger partial charge >= 0.3 is 0 Å². The van der Waals surface area contributed by atoms with Crippen molar-refractivity contribution in [2.24, 2.45) is 5.73 Å². The number of rotatable bonds is 4. The molecule has 2 N–H and O–H groups in total. The maximum atomic E-state index is 10.6. The fourth-order valence-electron chi connectivity index (χ4n) is 1.57. The number of thiazole rings is 1. The fraction of sp³-hybridized carbons (Fsp3) is 0.250. The number of aromatic nitrogens is 1. The summed E-state index contributed by atoms with van der Waals surface area (Å²) in [6.45, 7) is 1.94. The first kappa shape index (κ1) is 12.7. The predicted molar refractivity (Wildman–Crippen MR) is 71.6 cm³/mol. The number of nitro benzene ring substituents is 1. The van der Waals surface area contributed by atoms with Crippen LogP contribution in [0.25, 0.3) is 11.3 Å². The molecule has 0 spiro atoms. The molecule has 2 aromatic rings. The number of hydrogen-bond donors (Lipinski definition) is 1. The molecule has 1 aromatic heterocycles. The standard InChI is InChI=1S/C12H13N3O2S/c1-8(13)6-12-14-11(7-18-12)9-2-4-10(5-3-9)15(16)17/h2-5,7-8H,6,13H2,1H3. The molecule has 0 aliphatic carbocycles. The average Bonchev–Trinajstić information content (AvgIpc) is 2.76. The largest absolute Gasteiger partial charge is 0.328 e. The lowest BCUT2D eigenvalue weighted by Gasteiger charge is -1.99. The molecule has 1 aromatic carbocycles. The topological polar surface area (TPSA) is 82.0 Å². The van der Waals surface area contributed by atoms with Gasteiger partial charge in [0.2, 0.25) is 0 Å². The SMILES string of the molecule is CC(N)Cc1nc(-c2ccc([N+](=O)[O-])cc2)cs1. The fourth-order valence-corrected chi connectivity index (χ4v) is 2.51. The zero-order valence-corrected chi connectivity index (χ0v) is 10.7. The van der Waals surface area contributed by atoms with E-state index in [2.05, 4.69) is 4.98 Å². The Morgan fingerprint density at radius 3 is 2.67 bits per heavy atom. The molecule has 1 heterocycles. The summed E-state index contributed by atoms with van der Waals surface area (Å²) >= 11 is 1.56. The molecule has 0 fully saturated rings. The molecule has 0 radical (unpaired) electrons. The highest BCUT2D eigenvalue weighted by Gasteiger charge is 2.09. The van der Waals surface area contributed by atoms with E-state index in [1.165, 1.54) is 12.1 Å². The molecule has 1 atom stereocenters. The number of hydrogen-bond acceptors (Lipinski definition) is 5. The Labute approximate surface area is 108 Å². The highest BCUT2D eigenvalue weighted by Crippen LogP contribution is 2.24. The van der Waals surface area contributed by atoms with Crippen molar-refractivity contribution in [1.29, 1.82) is 0 Å². The predicted octanol–water partition coefficient (Wildman–Crippen LogP) is 2.61. The van der Waals surface area contributed by atoms with E-state index in [4.69, 9.17) is 5.73 Å². The van der Waals surface area contributed by atoms with E-state index in [1.807, 2.05) is 12.3 Å². The third-order valence-corrected chi connectivity index (χ3v) is 3.29. The number of nitrogens with zero attached hydrogens (tertiary/aromatic N) is 2. The van der Waals surface area contributed by atoms with E-state index in [0.717, 1.165) is 22.7 Å². The Morgan fingerprint density at radius 1 is 1.44 bits per heavy atom. The summed E-state index contributed by atoms with van der Waals surface area (Å²) < 4.78 is 0. The van der Waals surface area contributed by atoms with Crippen molar-refractivity contribution >= 4 is 17.0 Å². The molecule has 0 aliphatic heterocycles. The zero-order valence-electron chi connectivity index (χ0n) is 9.87. The van der Waals surface area contributed by atoms with Crippen molar-refractivity contribution in [3.63, 3.8) is 0 Å². The summed E-state index contributed by atoms with van der Waals surface area (Å²) in [7, 11) is 0.